The van der Waals surface area contributed by atoms with Crippen molar-refractivity contribution in [1.82, 2.24) is 14.5 Å². The smallest absolute Gasteiger partial charge is 0.272 e. The molecule has 0 aliphatic heterocycles. The van der Waals surface area contributed by atoms with Crippen LogP contribution < -0.4 is 5.56 Å². The van der Waals surface area contributed by atoms with E-state index >= 15 is 0 Å². The fourth-order valence-electron chi connectivity index (χ4n) is 3.75. The lowest BCUT2D eigenvalue weighted by Crippen LogP contribution is -2.41. The fraction of sp³-hybridized carbons (Fsp3) is 0.611. The summed E-state index contributed by atoms with van der Waals surface area (Å²) in [6.07, 6.45) is 7.05. The second-order valence-corrected chi connectivity index (χ2v) is 8.70. The molecule has 0 spiro atoms. The number of rotatable bonds is 6. The predicted molar refractivity (Wildman–Crippen MR) is 102 cm³/mol. The van der Waals surface area contributed by atoms with Gasteiger partial charge in [-0.15, -0.1) is 11.3 Å². The number of thiophene rings is 1. The van der Waals surface area contributed by atoms with E-state index in [0.717, 1.165) is 31.2 Å². The summed E-state index contributed by atoms with van der Waals surface area (Å²) < 4.78 is 2.39. The molecule has 1 amide bonds. The topological polar surface area (TPSA) is 55.2 Å². The highest BCUT2D eigenvalue weighted by atomic mass is 32.2. The third kappa shape index (κ3) is 3.36. The number of carbonyl (C=O) groups excluding carboxylic acids is 1. The van der Waals surface area contributed by atoms with Crippen LogP contribution in [0.2, 0.25) is 0 Å². The molecule has 2 saturated carbocycles. The number of hydrogen-bond donors (Lipinski definition) is 0. The number of fused-ring (bicyclic) bond motifs is 1. The van der Waals surface area contributed by atoms with E-state index < -0.39 is 0 Å². The molecular weight excluding hydrogens is 354 g/mol. The van der Waals surface area contributed by atoms with Gasteiger partial charge >= 0.3 is 0 Å². The van der Waals surface area contributed by atoms with E-state index in [1.54, 1.807) is 4.57 Å². The normalized spacial score (nSPS) is 18.1. The zero-order valence-electron chi connectivity index (χ0n) is 14.4. The van der Waals surface area contributed by atoms with Crippen molar-refractivity contribution in [3.63, 3.8) is 0 Å². The first-order valence-electron chi connectivity index (χ1n) is 9.11. The van der Waals surface area contributed by atoms with Crippen LogP contribution in [0.5, 0.6) is 0 Å². The van der Waals surface area contributed by atoms with Gasteiger partial charge in [0.1, 0.15) is 4.70 Å². The summed E-state index contributed by atoms with van der Waals surface area (Å²) in [5.41, 5.74) is 0.747. The predicted octanol–water partition coefficient (Wildman–Crippen LogP) is 3.50. The van der Waals surface area contributed by atoms with Gasteiger partial charge in [0.25, 0.3) is 5.56 Å². The van der Waals surface area contributed by atoms with E-state index in [1.165, 1.54) is 35.9 Å². The highest BCUT2D eigenvalue weighted by Gasteiger charge is 2.38. The zero-order valence-corrected chi connectivity index (χ0v) is 16.1. The van der Waals surface area contributed by atoms with Gasteiger partial charge in [0.2, 0.25) is 5.91 Å². The van der Waals surface area contributed by atoms with Crippen molar-refractivity contribution >= 4 is 39.2 Å². The highest BCUT2D eigenvalue weighted by molar-refractivity contribution is 7.99. The SMILES string of the molecule is CCn1c(SCC(=O)N(C2CCCC2)C2CC2)nc2ccsc2c1=O. The van der Waals surface area contributed by atoms with E-state index in [0.29, 0.717) is 34.2 Å². The first-order valence-corrected chi connectivity index (χ1v) is 11.0. The summed E-state index contributed by atoms with van der Waals surface area (Å²) in [5, 5.41) is 2.56. The average Bonchev–Trinajstić information content (AvgIpc) is 3.10. The number of amides is 1. The van der Waals surface area contributed by atoms with E-state index in [-0.39, 0.29) is 11.5 Å². The first-order chi connectivity index (χ1) is 12.2. The Morgan fingerprint density at radius 1 is 1.32 bits per heavy atom. The van der Waals surface area contributed by atoms with Crippen molar-refractivity contribution in [2.24, 2.45) is 0 Å². The highest BCUT2D eigenvalue weighted by Crippen LogP contribution is 2.35. The molecular formula is C18H23N3O2S2. The number of nitrogens with zero attached hydrogens (tertiary/aromatic N) is 3. The first kappa shape index (κ1) is 17.1. The molecule has 2 aromatic rings. The molecule has 0 aromatic carbocycles. The molecule has 2 heterocycles. The van der Waals surface area contributed by atoms with Gasteiger partial charge in [0.15, 0.2) is 5.16 Å². The van der Waals surface area contributed by atoms with Crippen LogP contribution in [-0.4, -0.2) is 38.2 Å². The molecule has 0 atom stereocenters. The van der Waals surface area contributed by atoms with Gasteiger partial charge in [0, 0.05) is 18.6 Å². The summed E-state index contributed by atoms with van der Waals surface area (Å²) in [6, 6.07) is 2.76. The van der Waals surface area contributed by atoms with Gasteiger partial charge in [0.05, 0.1) is 11.3 Å². The maximum atomic E-state index is 12.9. The standard InChI is InChI=1S/C18H23N3O2S2/c1-2-20-17(23)16-14(9-10-24-16)19-18(20)25-11-15(22)21(13-7-8-13)12-5-3-4-6-12/h9-10,12-13H,2-8,11H2,1H3. The number of carbonyl (C=O) groups is 1. The molecule has 0 N–H and O–H groups in total. The largest absolute Gasteiger partial charge is 0.336 e. The molecule has 5 nitrogen and oxygen atoms in total. The van der Waals surface area contributed by atoms with Gasteiger partial charge in [-0.2, -0.15) is 0 Å². The molecule has 7 heteroatoms. The van der Waals surface area contributed by atoms with Crippen LogP contribution in [0.3, 0.4) is 0 Å². The van der Waals surface area contributed by atoms with Crippen LogP contribution in [0.4, 0.5) is 0 Å². The van der Waals surface area contributed by atoms with Gasteiger partial charge in [-0.1, -0.05) is 24.6 Å². The Morgan fingerprint density at radius 2 is 2.04 bits per heavy atom. The third-order valence-electron chi connectivity index (χ3n) is 5.12. The Morgan fingerprint density at radius 3 is 2.72 bits per heavy atom. The lowest BCUT2D eigenvalue weighted by Gasteiger charge is -2.29. The Hall–Kier alpha value is -1.34. The summed E-state index contributed by atoms with van der Waals surface area (Å²) in [6.45, 7) is 2.52. The number of thioether (sulfide) groups is 1. The molecule has 2 aliphatic rings. The van der Waals surface area contributed by atoms with Crippen molar-refractivity contribution < 1.29 is 4.79 Å². The van der Waals surface area contributed by atoms with Crippen LogP contribution in [0.1, 0.15) is 45.4 Å². The summed E-state index contributed by atoms with van der Waals surface area (Å²) in [5.74, 6) is 0.580. The molecule has 2 fully saturated rings. The van der Waals surface area contributed by atoms with E-state index in [9.17, 15) is 9.59 Å². The van der Waals surface area contributed by atoms with Crippen LogP contribution in [-0.2, 0) is 11.3 Å². The van der Waals surface area contributed by atoms with Crippen molar-refractivity contribution in [3.8, 4) is 0 Å². The summed E-state index contributed by atoms with van der Waals surface area (Å²) in [4.78, 5) is 32.2. The lowest BCUT2D eigenvalue weighted by molar-refractivity contribution is -0.131. The van der Waals surface area contributed by atoms with E-state index in [2.05, 4.69) is 9.88 Å². The summed E-state index contributed by atoms with van der Waals surface area (Å²) >= 11 is 2.84. The van der Waals surface area contributed by atoms with Crippen LogP contribution in [0.15, 0.2) is 21.4 Å². The minimum Gasteiger partial charge on any atom is -0.336 e. The minimum absolute atomic E-state index is 0.00675. The Kier molecular flexibility index (Phi) is 4.86. The maximum absolute atomic E-state index is 12.9. The maximum Gasteiger partial charge on any atom is 0.272 e. The van der Waals surface area contributed by atoms with Crippen LogP contribution in [0.25, 0.3) is 10.2 Å². The Balaban J connectivity index is 1.53. The second kappa shape index (κ2) is 7.11. The molecule has 2 aromatic heterocycles. The van der Waals surface area contributed by atoms with Crippen molar-refractivity contribution in [2.75, 3.05) is 5.75 Å². The average molecular weight is 378 g/mol. The van der Waals surface area contributed by atoms with Crippen LogP contribution >= 0.6 is 23.1 Å². The molecule has 0 unspecified atom stereocenters. The molecule has 0 bridgehead atoms. The molecule has 2 aliphatic carbocycles. The Bertz CT molecular complexity index is 834. The van der Waals surface area contributed by atoms with Crippen molar-refractivity contribution in [1.29, 1.82) is 0 Å². The number of hydrogen-bond acceptors (Lipinski definition) is 5. The minimum atomic E-state index is 0.00675. The molecule has 0 saturated heterocycles. The Labute approximate surface area is 155 Å². The van der Waals surface area contributed by atoms with E-state index in [1.807, 2.05) is 18.4 Å². The second-order valence-electron chi connectivity index (χ2n) is 6.84. The number of aromatic nitrogens is 2. The zero-order chi connectivity index (χ0) is 17.4. The van der Waals surface area contributed by atoms with Gasteiger partial charge in [-0.05, 0) is 44.1 Å². The van der Waals surface area contributed by atoms with Crippen LogP contribution in [0, 0.1) is 0 Å². The third-order valence-corrected chi connectivity index (χ3v) is 6.97. The van der Waals surface area contributed by atoms with Gasteiger partial charge in [-0.25, -0.2) is 4.98 Å². The summed E-state index contributed by atoms with van der Waals surface area (Å²) in [7, 11) is 0. The molecule has 0 radical (unpaired) electrons. The van der Waals surface area contributed by atoms with E-state index in [4.69, 9.17) is 0 Å². The van der Waals surface area contributed by atoms with Crippen molar-refractivity contribution in [2.45, 2.75) is 69.2 Å². The molecule has 25 heavy (non-hydrogen) atoms. The van der Waals surface area contributed by atoms with Crippen molar-refractivity contribution in [3.05, 3.63) is 21.8 Å². The fourth-order valence-corrected chi connectivity index (χ4v) is 5.46. The lowest BCUT2D eigenvalue weighted by atomic mass is 10.2. The monoisotopic (exact) mass is 377 g/mol. The quantitative estimate of drug-likeness (QED) is 0.571. The molecule has 4 rings (SSSR count). The molecule has 134 valence electrons. The van der Waals surface area contributed by atoms with Gasteiger partial charge in [-0.3, -0.25) is 14.2 Å². The van der Waals surface area contributed by atoms with Gasteiger partial charge < -0.3 is 4.90 Å².